The lowest BCUT2D eigenvalue weighted by Crippen LogP contribution is -2.04. The molecule has 0 aromatic carbocycles. The van der Waals surface area contributed by atoms with Crippen LogP contribution in [0.15, 0.2) is 49.2 Å². The van der Waals surface area contributed by atoms with Crippen molar-refractivity contribution in [3.8, 4) is 17.0 Å². The van der Waals surface area contributed by atoms with Gasteiger partial charge in [0.1, 0.15) is 18.6 Å². The molecule has 0 unspecified atom stereocenters. The summed E-state index contributed by atoms with van der Waals surface area (Å²) in [5.41, 5.74) is 4.00. The molecule has 1 aliphatic carbocycles. The largest absolute Gasteiger partial charge is 0.471 e. The molecule has 0 amide bonds. The van der Waals surface area contributed by atoms with Crippen molar-refractivity contribution in [2.75, 3.05) is 0 Å². The van der Waals surface area contributed by atoms with Crippen LogP contribution in [-0.4, -0.2) is 25.7 Å². The molecule has 6 heteroatoms. The van der Waals surface area contributed by atoms with Gasteiger partial charge in [-0.1, -0.05) is 6.07 Å². The van der Waals surface area contributed by atoms with Crippen molar-refractivity contribution in [2.45, 2.75) is 19.4 Å². The minimum absolute atomic E-state index is 0.0476. The van der Waals surface area contributed by atoms with E-state index in [1.165, 1.54) is 6.33 Å². The molecule has 0 aliphatic heterocycles. The third-order valence-corrected chi connectivity index (χ3v) is 3.93. The average Bonchev–Trinajstić information content (AvgIpc) is 3.02. The maximum Gasteiger partial charge on any atom is 0.214 e. The molecule has 0 radical (unpaired) electrons. The molecule has 0 N–H and O–H groups in total. The molecule has 118 valence electrons. The van der Waals surface area contributed by atoms with Crippen LogP contribution in [0.1, 0.15) is 28.2 Å². The number of ether oxygens (including phenoxy) is 1. The first kappa shape index (κ1) is 14.4. The van der Waals surface area contributed by atoms with Gasteiger partial charge in [-0.15, -0.1) is 0 Å². The molecule has 0 saturated carbocycles. The summed E-state index contributed by atoms with van der Waals surface area (Å²) in [7, 11) is 0. The number of Topliss-reactive ketones (excluding diaryl/α,β-unsaturated/α-hetero) is 1. The maximum absolute atomic E-state index is 12.1. The molecule has 0 bridgehead atoms. The van der Waals surface area contributed by atoms with E-state index in [1.54, 1.807) is 18.6 Å². The summed E-state index contributed by atoms with van der Waals surface area (Å²) in [5.74, 6) is 0.458. The van der Waals surface area contributed by atoms with Crippen LogP contribution in [0.2, 0.25) is 0 Å². The third kappa shape index (κ3) is 2.74. The van der Waals surface area contributed by atoms with Crippen molar-refractivity contribution in [1.82, 2.24) is 19.9 Å². The second kappa shape index (κ2) is 6.16. The summed E-state index contributed by atoms with van der Waals surface area (Å²) in [6.45, 7) is 0.297. The number of rotatable bonds is 4. The minimum Gasteiger partial charge on any atom is -0.471 e. The molecule has 3 aromatic rings. The van der Waals surface area contributed by atoms with E-state index in [4.69, 9.17) is 4.74 Å². The number of pyridine rings is 2. The zero-order valence-electron chi connectivity index (χ0n) is 12.8. The van der Waals surface area contributed by atoms with Crippen molar-refractivity contribution in [3.05, 3.63) is 66.1 Å². The summed E-state index contributed by atoms with van der Waals surface area (Å²) < 4.78 is 5.76. The molecule has 6 nitrogen and oxygen atoms in total. The molecule has 0 fully saturated rings. The van der Waals surface area contributed by atoms with E-state index in [9.17, 15) is 4.79 Å². The van der Waals surface area contributed by atoms with Gasteiger partial charge in [0.25, 0.3) is 0 Å². The third-order valence-electron chi connectivity index (χ3n) is 3.93. The molecule has 0 atom stereocenters. The van der Waals surface area contributed by atoms with Gasteiger partial charge in [-0.05, 0) is 29.7 Å². The highest BCUT2D eigenvalue weighted by molar-refractivity contribution is 6.00. The Morgan fingerprint density at radius 2 is 2.00 bits per heavy atom. The summed E-state index contributed by atoms with van der Waals surface area (Å²) in [4.78, 5) is 28.9. The van der Waals surface area contributed by atoms with Crippen molar-refractivity contribution in [1.29, 1.82) is 0 Å². The van der Waals surface area contributed by atoms with E-state index < -0.39 is 0 Å². The first-order valence-electron chi connectivity index (χ1n) is 7.66. The van der Waals surface area contributed by atoms with E-state index in [0.717, 1.165) is 22.4 Å². The zero-order chi connectivity index (χ0) is 16.4. The van der Waals surface area contributed by atoms with Gasteiger partial charge in [-0.2, -0.15) is 0 Å². The van der Waals surface area contributed by atoms with Crippen molar-refractivity contribution >= 4 is 5.78 Å². The number of carbonyl (C=O) groups excluding carboxylic acids is 1. The predicted octanol–water partition coefficient (Wildman–Crippen LogP) is 2.64. The lowest BCUT2D eigenvalue weighted by Gasteiger charge is -2.11. The predicted molar refractivity (Wildman–Crippen MR) is 86.5 cm³/mol. The molecular weight excluding hydrogens is 304 g/mol. The Morgan fingerprint density at radius 3 is 2.79 bits per heavy atom. The van der Waals surface area contributed by atoms with Crippen molar-refractivity contribution in [2.24, 2.45) is 0 Å². The Kier molecular flexibility index (Phi) is 3.70. The van der Waals surface area contributed by atoms with E-state index in [1.807, 2.05) is 24.3 Å². The van der Waals surface area contributed by atoms with E-state index in [2.05, 4.69) is 19.9 Å². The van der Waals surface area contributed by atoms with E-state index in [-0.39, 0.29) is 5.78 Å². The van der Waals surface area contributed by atoms with Crippen LogP contribution in [0.3, 0.4) is 0 Å². The lowest BCUT2D eigenvalue weighted by atomic mass is 10.0. The fraction of sp³-hybridized carbons (Fsp3) is 0.167. The summed E-state index contributed by atoms with van der Waals surface area (Å²) >= 11 is 0. The lowest BCUT2D eigenvalue weighted by molar-refractivity contribution is 0.0989. The first-order chi connectivity index (χ1) is 11.8. The second-order valence-corrected chi connectivity index (χ2v) is 5.50. The maximum atomic E-state index is 12.1. The normalized spacial score (nSPS) is 12.9. The van der Waals surface area contributed by atoms with Crippen molar-refractivity contribution < 1.29 is 9.53 Å². The van der Waals surface area contributed by atoms with Crippen LogP contribution in [0, 0.1) is 0 Å². The molecule has 24 heavy (non-hydrogen) atoms. The molecule has 0 spiro atoms. The van der Waals surface area contributed by atoms with Crippen LogP contribution in [-0.2, 0) is 13.0 Å². The number of aromatic nitrogens is 4. The smallest absolute Gasteiger partial charge is 0.214 e. The van der Waals surface area contributed by atoms with Gasteiger partial charge < -0.3 is 4.74 Å². The number of hydrogen-bond acceptors (Lipinski definition) is 6. The van der Waals surface area contributed by atoms with Gasteiger partial charge in [0.05, 0.1) is 5.69 Å². The highest BCUT2D eigenvalue weighted by Crippen LogP contribution is 2.33. The Labute approximate surface area is 138 Å². The van der Waals surface area contributed by atoms with Crippen LogP contribution in [0.25, 0.3) is 11.1 Å². The average molecular weight is 318 g/mol. The van der Waals surface area contributed by atoms with Crippen LogP contribution >= 0.6 is 0 Å². The molecule has 0 saturated heterocycles. The topological polar surface area (TPSA) is 77.9 Å². The van der Waals surface area contributed by atoms with Gasteiger partial charge in [0.15, 0.2) is 5.78 Å². The minimum atomic E-state index is 0.0476. The SMILES string of the molecule is O=C1CCc2c(-c3cncnc3)cc(OCc3ccccn3)nc21. The van der Waals surface area contributed by atoms with Gasteiger partial charge in [-0.25, -0.2) is 15.0 Å². The molecule has 3 aromatic heterocycles. The quantitative estimate of drug-likeness (QED) is 0.736. The number of nitrogens with zero attached hydrogens (tertiary/aromatic N) is 4. The number of fused-ring (bicyclic) bond motifs is 1. The van der Waals surface area contributed by atoms with Gasteiger partial charge in [-0.3, -0.25) is 9.78 Å². The highest BCUT2D eigenvalue weighted by atomic mass is 16.5. The molecule has 1 aliphatic rings. The Balaban J connectivity index is 1.71. The monoisotopic (exact) mass is 318 g/mol. The molecule has 3 heterocycles. The van der Waals surface area contributed by atoms with Gasteiger partial charge >= 0.3 is 0 Å². The summed E-state index contributed by atoms with van der Waals surface area (Å²) in [5, 5.41) is 0. The van der Waals surface area contributed by atoms with Crippen LogP contribution < -0.4 is 4.74 Å². The fourth-order valence-electron chi connectivity index (χ4n) is 2.79. The van der Waals surface area contributed by atoms with Crippen LogP contribution in [0.4, 0.5) is 0 Å². The number of ketones is 1. The van der Waals surface area contributed by atoms with Gasteiger partial charge in [0, 0.05) is 36.6 Å². The van der Waals surface area contributed by atoms with Crippen molar-refractivity contribution in [3.63, 3.8) is 0 Å². The number of hydrogen-bond donors (Lipinski definition) is 0. The Hall–Kier alpha value is -3.15. The zero-order valence-corrected chi connectivity index (χ0v) is 12.8. The first-order valence-corrected chi connectivity index (χ1v) is 7.66. The standard InChI is InChI=1S/C18H14N4O2/c23-16-5-4-14-15(12-8-19-11-20-9-12)7-17(22-18(14)16)24-10-13-3-1-2-6-21-13/h1-3,6-9,11H,4-5,10H2. The Bertz CT molecular complexity index is 882. The second-order valence-electron chi connectivity index (χ2n) is 5.50. The van der Waals surface area contributed by atoms with E-state index >= 15 is 0 Å². The van der Waals surface area contributed by atoms with E-state index in [0.29, 0.717) is 31.0 Å². The number of carbonyl (C=O) groups is 1. The summed E-state index contributed by atoms with van der Waals surface area (Å²) in [6.07, 6.45) is 7.82. The fourth-order valence-corrected chi connectivity index (χ4v) is 2.79. The molecule has 4 rings (SSSR count). The molecular formula is C18H14N4O2. The van der Waals surface area contributed by atoms with Crippen LogP contribution in [0.5, 0.6) is 5.88 Å². The Morgan fingerprint density at radius 1 is 1.12 bits per heavy atom. The summed E-state index contributed by atoms with van der Waals surface area (Å²) in [6, 6.07) is 7.48. The highest BCUT2D eigenvalue weighted by Gasteiger charge is 2.26. The van der Waals surface area contributed by atoms with Gasteiger partial charge in [0.2, 0.25) is 5.88 Å².